The summed E-state index contributed by atoms with van der Waals surface area (Å²) in [5.74, 6) is -0.234. The fourth-order valence-electron chi connectivity index (χ4n) is 2.19. The standard InChI is InChI=1S/C10H17NO3/c1-8(12)13-2-3-14-9-4-10(5-9)6-11-7-10/h9,11H,2-7H2,1H3. The van der Waals surface area contributed by atoms with Crippen molar-refractivity contribution >= 4 is 5.97 Å². The molecule has 0 amide bonds. The molecule has 0 radical (unpaired) electrons. The molecule has 0 aromatic heterocycles. The Labute approximate surface area is 84.0 Å². The predicted octanol–water partition coefficient (Wildman–Crippen LogP) is 0.318. The molecule has 1 spiro atoms. The van der Waals surface area contributed by atoms with Gasteiger partial charge in [-0.2, -0.15) is 0 Å². The normalized spacial score (nSPS) is 24.1. The Bertz CT molecular complexity index is 217. The largest absolute Gasteiger partial charge is 0.463 e. The maximum Gasteiger partial charge on any atom is 0.302 e. The highest BCUT2D eigenvalue weighted by atomic mass is 16.6. The van der Waals surface area contributed by atoms with Crippen LogP contribution >= 0.6 is 0 Å². The van der Waals surface area contributed by atoms with Crippen molar-refractivity contribution in [2.45, 2.75) is 25.9 Å². The molecule has 2 rings (SSSR count). The highest BCUT2D eigenvalue weighted by Gasteiger charge is 2.48. The van der Waals surface area contributed by atoms with Crippen molar-refractivity contribution in [1.29, 1.82) is 0 Å². The van der Waals surface area contributed by atoms with Gasteiger partial charge in [0.1, 0.15) is 6.61 Å². The first-order valence-electron chi connectivity index (χ1n) is 5.16. The minimum Gasteiger partial charge on any atom is -0.463 e. The van der Waals surface area contributed by atoms with E-state index in [1.54, 1.807) is 0 Å². The lowest BCUT2D eigenvalue weighted by molar-refractivity contribution is -0.147. The fraction of sp³-hybridized carbons (Fsp3) is 0.900. The van der Waals surface area contributed by atoms with Crippen LogP contribution in [0.3, 0.4) is 0 Å². The number of hydrogen-bond donors (Lipinski definition) is 1. The van der Waals surface area contributed by atoms with Crippen LogP contribution < -0.4 is 5.32 Å². The van der Waals surface area contributed by atoms with E-state index in [9.17, 15) is 4.79 Å². The predicted molar refractivity (Wildman–Crippen MR) is 50.9 cm³/mol. The third kappa shape index (κ3) is 2.07. The third-order valence-corrected chi connectivity index (χ3v) is 3.06. The molecule has 0 unspecified atom stereocenters. The fourth-order valence-corrected chi connectivity index (χ4v) is 2.19. The molecule has 1 N–H and O–H groups in total. The van der Waals surface area contributed by atoms with E-state index in [1.165, 1.54) is 19.8 Å². The second-order valence-corrected chi connectivity index (χ2v) is 4.34. The third-order valence-electron chi connectivity index (χ3n) is 3.06. The number of ether oxygens (including phenoxy) is 2. The van der Waals surface area contributed by atoms with E-state index in [4.69, 9.17) is 9.47 Å². The van der Waals surface area contributed by atoms with Crippen LogP contribution in [-0.2, 0) is 14.3 Å². The van der Waals surface area contributed by atoms with Gasteiger partial charge in [0, 0.05) is 25.4 Å². The van der Waals surface area contributed by atoms with Crippen molar-refractivity contribution in [2.75, 3.05) is 26.3 Å². The summed E-state index contributed by atoms with van der Waals surface area (Å²) in [5, 5.41) is 3.28. The van der Waals surface area contributed by atoms with Gasteiger partial charge in [0.05, 0.1) is 12.7 Å². The lowest BCUT2D eigenvalue weighted by Crippen LogP contribution is -2.62. The summed E-state index contributed by atoms with van der Waals surface area (Å²) in [6.45, 7) is 4.64. The van der Waals surface area contributed by atoms with Gasteiger partial charge in [0.2, 0.25) is 0 Å². The van der Waals surface area contributed by atoms with E-state index in [0.29, 0.717) is 24.7 Å². The molecule has 0 aromatic rings. The molecule has 1 saturated heterocycles. The summed E-state index contributed by atoms with van der Waals surface area (Å²) in [7, 11) is 0. The van der Waals surface area contributed by atoms with Crippen molar-refractivity contribution in [3.05, 3.63) is 0 Å². The number of esters is 1. The molecular formula is C10H17NO3. The lowest BCUT2D eigenvalue weighted by Gasteiger charge is -2.53. The zero-order valence-electron chi connectivity index (χ0n) is 8.54. The first-order chi connectivity index (χ1) is 6.70. The van der Waals surface area contributed by atoms with Crippen molar-refractivity contribution in [2.24, 2.45) is 5.41 Å². The smallest absolute Gasteiger partial charge is 0.302 e. The molecule has 14 heavy (non-hydrogen) atoms. The SMILES string of the molecule is CC(=O)OCCOC1CC2(CNC2)C1. The van der Waals surface area contributed by atoms with Gasteiger partial charge >= 0.3 is 5.97 Å². The van der Waals surface area contributed by atoms with E-state index in [-0.39, 0.29) is 5.97 Å². The average Bonchev–Trinajstić information content (AvgIpc) is 1.96. The first kappa shape index (κ1) is 9.93. The van der Waals surface area contributed by atoms with Crippen LogP contribution in [0.25, 0.3) is 0 Å². The Morgan fingerprint density at radius 2 is 2.14 bits per heavy atom. The van der Waals surface area contributed by atoms with Gasteiger partial charge in [0.25, 0.3) is 0 Å². The molecule has 0 atom stereocenters. The molecule has 4 heteroatoms. The molecular weight excluding hydrogens is 182 g/mol. The Morgan fingerprint density at radius 1 is 1.43 bits per heavy atom. The summed E-state index contributed by atoms with van der Waals surface area (Å²) in [5.41, 5.74) is 0.562. The lowest BCUT2D eigenvalue weighted by atomic mass is 9.63. The monoisotopic (exact) mass is 199 g/mol. The molecule has 2 aliphatic rings. The summed E-state index contributed by atoms with van der Waals surface area (Å²) in [4.78, 5) is 10.4. The van der Waals surface area contributed by atoms with Crippen LogP contribution in [0.1, 0.15) is 19.8 Å². The molecule has 1 saturated carbocycles. The summed E-state index contributed by atoms with van der Waals surface area (Å²) in [6.07, 6.45) is 2.73. The number of carbonyl (C=O) groups is 1. The van der Waals surface area contributed by atoms with Crippen molar-refractivity contribution in [1.82, 2.24) is 5.32 Å². The molecule has 1 aliphatic carbocycles. The molecule has 0 aromatic carbocycles. The van der Waals surface area contributed by atoms with Crippen LogP contribution in [0.4, 0.5) is 0 Å². The second kappa shape index (κ2) is 3.87. The van der Waals surface area contributed by atoms with Crippen molar-refractivity contribution < 1.29 is 14.3 Å². The van der Waals surface area contributed by atoms with E-state index < -0.39 is 0 Å². The molecule has 80 valence electrons. The second-order valence-electron chi connectivity index (χ2n) is 4.34. The molecule has 2 fully saturated rings. The van der Waals surface area contributed by atoms with E-state index in [2.05, 4.69) is 5.32 Å². The summed E-state index contributed by atoms with van der Waals surface area (Å²) >= 11 is 0. The van der Waals surface area contributed by atoms with Crippen LogP contribution in [0.2, 0.25) is 0 Å². The minimum atomic E-state index is -0.234. The van der Waals surface area contributed by atoms with Gasteiger partial charge in [-0.3, -0.25) is 4.79 Å². The quantitative estimate of drug-likeness (QED) is 0.523. The zero-order chi connectivity index (χ0) is 10.0. The highest BCUT2D eigenvalue weighted by molar-refractivity contribution is 5.65. The van der Waals surface area contributed by atoms with Crippen molar-refractivity contribution in [3.8, 4) is 0 Å². The van der Waals surface area contributed by atoms with Crippen LogP contribution in [0.5, 0.6) is 0 Å². The highest BCUT2D eigenvalue weighted by Crippen LogP contribution is 2.45. The number of hydrogen-bond acceptors (Lipinski definition) is 4. The van der Waals surface area contributed by atoms with Crippen LogP contribution in [0.15, 0.2) is 0 Å². The van der Waals surface area contributed by atoms with E-state index in [0.717, 1.165) is 13.1 Å². The maximum atomic E-state index is 10.4. The number of carbonyl (C=O) groups excluding carboxylic acids is 1. The summed E-state index contributed by atoms with van der Waals surface area (Å²) in [6, 6.07) is 0. The van der Waals surface area contributed by atoms with Gasteiger partial charge in [-0.15, -0.1) is 0 Å². The van der Waals surface area contributed by atoms with E-state index in [1.807, 2.05) is 0 Å². The van der Waals surface area contributed by atoms with Crippen LogP contribution in [0, 0.1) is 5.41 Å². The molecule has 1 heterocycles. The van der Waals surface area contributed by atoms with Gasteiger partial charge in [-0.25, -0.2) is 0 Å². The van der Waals surface area contributed by atoms with E-state index >= 15 is 0 Å². The maximum absolute atomic E-state index is 10.4. The topological polar surface area (TPSA) is 47.6 Å². The Morgan fingerprint density at radius 3 is 2.64 bits per heavy atom. The zero-order valence-corrected chi connectivity index (χ0v) is 8.54. The Balaban J connectivity index is 1.50. The van der Waals surface area contributed by atoms with Gasteiger partial charge in [-0.05, 0) is 12.8 Å². The molecule has 0 bridgehead atoms. The number of rotatable bonds is 4. The van der Waals surface area contributed by atoms with Gasteiger partial charge in [0.15, 0.2) is 0 Å². The molecule has 4 nitrogen and oxygen atoms in total. The summed E-state index contributed by atoms with van der Waals surface area (Å²) < 4.78 is 10.3. The van der Waals surface area contributed by atoms with Crippen molar-refractivity contribution in [3.63, 3.8) is 0 Å². The van der Waals surface area contributed by atoms with Crippen LogP contribution in [-0.4, -0.2) is 38.4 Å². The minimum absolute atomic E-state index is 0.234. The van der Waals surface area contributed by atoms with Gasteiger partial charge in [-0.1, -0.05) is 0 Å². The number of nitrogens with one attached hydrogen (secondary N) is 1. The Hall–Kier alpha value is -0.610. The average molecular weight is 199 g/mol. The Kier molecular flexibility index (Phi) is 2.74. The first-order valence-corrected chi connectivity index (χ1v) is 5.16. The van der Waals surface area contributed by atoms with Gasteiger partial charge < -0.3 is 14.8 Å². The molecule has 1 aliphatic heterocycles.